The van der Waals surface area contributed by atoms with Gasteiger partial charge in [0, 0.05) is 11.0 Å². The van der Waals surface area contributed by atoms with Crippen LogP contribution in [0.4, 0.5) is 0 Å². The standard InChI is InChI=1S/C11H14OS/c1-8-6-11(12)10-5-3-2-4-9(10)7-13-8/h2-5,8,11-12H,6-7H2,1H3. The first-order valence-electron chi connectivity index (χ1n) is 4.65. The van der Waals surface area contributed by atoms with E-state index in [0.717, 1.165) is 17.7 Å². The lowest BCUT2D eigenvalue weighted by Crippen LogP contribution is -2.03. The molecule has 0 fully saturated rings. The zero-order valence-corrected chi connectivity index (χ0v) is 8.55. The van der Waals surface area contributed by atoms with E-state index in [-0.39, 0.29) is 6.10 Å². The molecule has 1 N–H and O–H groups in total. The number of thioether (sulfide) groups is 1. The molecule has 0 saturated heterocycles. The van der Waals surface area contributed by atoms with Crippen LogP contribution in [0, 0.1) is 0 Å². The molecular formula is C11H14OS. The van der Waals surface area contributed by atoms with Gasteiger partial charge in [-0.05, 0) is 17.5 Å². The molecule has 70 valence electrons. The third-order valence-corrected chi connectivity index (χ3v) is 3.73. The Hall–Kier alpha value is -0.470. The maximum atomic E-state index is 9.90. The van der Waals surface area contributed by atoms with E-state index in [4.69, 9.17) is 0 Å². The Balaban J connectivity index is 2.35. The van der Waals surface area contributed by atoms with Crippen molar-refractivity contribution in [2.45, 2.75) is 30.5 Å². The smallest absolute Gasteiger partial charge is 0.0803 e. The molecule has 0 spiro atoms. The van der Waals surface area contributed by atoms with E-state index >= 15 is 0 Å². The largest absolute Gasteiger partial charge is 0.388 e. The van der Waals surface area contributed by atoms with Crippen molar-refractivity contribution in [2.24, 2.45) is 0 Å². The van der Waals surface area contributed by atoms with Gasteiger partial charge in [0.15, 0.2) is 0 Å². The van der Waals surface area contributed by atoms with Gasteiger partial charge < -0.3 is 5.11 Å². The highest BCUT2D eigenvalue weighted by molar-refractivity contribution is 7.99. The molecule has 0 bridgehead atoms. The number of hydrogen-bond acceptors (Lipinski definition) is 2. The minimum absolute atomic E-state index is 0.263. The summed E-state index contributed by atoms with van der Waals surface area (Å²) in [6.07, 6.45) is 0.614. The second kappa shape index (κ2) is 3.72. The fourth-order valence-corrected chi connectivity index (χ4v) is 2.78. The van der Waals surface area contributed by atoms with Gasteiger partial charge in [-0.15, -0.1) is 0 Å². The monoisotopic (exact) mass is 194 g/mol. The first-order chi connectivity index (χ1) is 6.27. The molecule has 1 heterocycles. The van der Waals surface area contributed by atoms with Gasteiger partial charge in [0.1, 0.15) is 0 Å². The number of hydrogen-bond donors (Lipinski definition) is 1. The van der Waals surface area contributed by atoms with Crippen LogP contribution < -0.4 is 0 Å². The van der Waals surface area contributed by atoms with Crippen molar-refractivity contribution in [3.8, 4) is 0 Å². The third kappa shape index (κ3) is 1.89. The molecule has 2 atom stereocenters. The molecule has 0 amide bonds. The topological polar surface area (TPSA) is 20.2 Å². The lowest BCUT2D eigenvalue weighted by atomic mass is 10.0. The Labute approximate surface area is 83.2 Å². The average molecular weight is 194 g/mol. The Morgan fingerprint density at radius 2 is 2.15 bits per heavy atom. The van der Waals surface area contributed by atoms with Crippen LogP contribution in [0.15, 0.2) is 24.3 Å². The quantitative estimate of drug-likeness (QED) is 0.685. The molecule has 1 aliphatic rings. The Morgan fingerprint density at radius 1 is 1.38 bits per heavy atom. The highest BCUT2D eigenvalue weighted by atomic mass is 32.2. The van der Waals surface area contributed by atoms with Crippen molar-refractivity contribution in [2.75, 3.05) is 0 Å². The summed E-state index contributed by atoms with van der Waals surface area (Å²) < 4.78 is 0. The summed E-state index contributed by atoms with van der Waals surface area (Å²) >= 11 is 1.93. The minimum Gasteiger partial charge on any atom is -0.388 e. The summed E-state index contributed by atoms with van der Waals surface area (Å²) in [7, 11) is 0. The summed E-state index contributed by atoms with van der Waals surface area (Å²) in [6, 6.07) is 8.20. The van der Waals surface area contributed by atoms with Gasteiger partial charge in [0.2, 0.25) is 0 Å². The summed E-state index contributed by atoms with van der Waals surface area (Å²) in [6.45, 7) is 2.18. The van der Waals surface area contributed by atoms with E-state index in [1.165, 1.54) is 5.56 Å². The molecule has 1 aliphatic heterocycles. The lowest BCUT2D eigenvalue weighted by Gasteiger charge is -2.11. The maximum absolute atomic E-state index is 9.90. The molecule has 0 saturated carbocycles. The molecule has 0 radical (unpaired) electrons. The van der Waals surface area contributed by atoms with Crippen molar-refractivity contribution in [1.29, 1.82) is 0 Å². The maximum Gasteiger partial charge on any atom is 0.0803 e. The van der Waals surface area contributed by atoms with Crippen LogP contribution in [0.3, 0.4) is 0 Å². The molecule has 1 aromatic rings. The van der Waals surface area contributed by atoms with Crippen LogP contribution in [0.1, 0.15) is 30.6 Å². The van der Waals surface area contributed by atoms with Crippen molar-refractivity contribution in [1.82, 2.24) is 0 Å². The van der Waals surface area contributed by atoms with Crippen molar-refractivity contribution in [3.63, 3.8) is 0 Å². The Kier molecular flexibility index (Phi) is 2.61. The third-order valence-electron chi connectivity index (χ3n) is 2.49. The zero-order valence-electron chi connectivity index (χ0n) is 7.73. The summed E-state index contributed by atoms with van der Waals surface area (Å²) in [5, 5.41) is 10.5. The van der Waals surface area contributed by atoms with Crippen LogP contribution in [-0.2, 0) is 5.75 Å². The van der Waals surface area contributed by atoms with E-state index in [1.54, 1.807) is 0 Å². The van der Waals surface area contributed by atoms with Crippen LogP contribution in [0.5, 0.6) is 0 Å². The van der Waals surface area contributed by atoms with Crippen LogP contribution in [0.25, 0.3) is 0 Å². The van der Waals surface area contributed by atoms with Crippen molar-refractivity contribution < 1.29 is 5.11 Å². The molecule has 2 rings (SSSR count). The first-order valence-corrected chi connectivity index (χ1v) is 5.69. The van der Waals surface area contributed by atoms with Crippen LogP contribution >= 0.6 is 11.8 Å². The molecule has 1 aromatic carbocycles. The summed E-state index contributed by atoms with van der Waals surface area (Å²) in [4.78, 5) is 0. The first kappa shape index (κ1) is 9.10. The number of aliphatic hydroxyl groups is 1. The molecule has 0 aliphatic carbocycles. The predicted molar refractivity (Wildman–Crippen MR) is 56.8 cm³/mol. The van der Waals surface area contributed by atoms with E-state index in [1.807, 2.05) is 30.0 Å². The van der Waals surface area contributed by atoms with Gasteiger partial charge >= 0.3 is 0 Å². The molecule has 2 unspecified atom stereocenters. The van der Waals surface area contributed by atoms with Crippen LogP contribution in [0.2, 0.25) is 0 Å². The number of fused-ring (bicyclic) bond motifs is 1. The minimum atomic E-state index is -0.263. The zero-order chi connectivity index (χ0) is 9.26. The average Bonchev–Trinajstić information content (AvgIpc) is 2.27. The van der Waals surface area contributed by atoms with E-state index < -0.39 is 0 Å². The Bertz CT molecular complexity index is 298. The van der Waals surface area contributed by atoms with Crippen LogP contribution in [-0.4, -0.2) is 10.4 Å². The van der Waals surface area contributed by atoms with E-state index in [2.05, 4.69) is 13.0 Å². The van der Waals surface area contributed by atoms with Gasteiger partial charge in [-0.3, -0.25) is 0 Å². The fourth-order valence-electron chi connectivity index (χ4n) is 1.73. The summed E-state index contributed by atoms with van der Waals surface area (Å²) in [5.41, 5.74) is 2.42. The number of aliphatic hydroxyl groups excluding tert-OH is 1. The van der Waals surface area contributed by atoms with E-state index in [9.17, 15) is 5.11 Å². The van der Waals surface area contributed by atoms with Gasteiger partial charge in [-0.25, -0.2) is 0 Å². The highest BCUT2D eigenvalue weighted by Crippen LogP contribution is 2.34. The second-order valence-electron chi connectivity index (χ2n) is 3.57. The predicted octanol–water partition coefficient (Wildman–Crippen LogP) is 2.75. The lowest BCUT2D eigenvalue weighted by molar-refractivity contribution is 0.168. The van der Waals surface area contributed by atoms with Gasteiger partial charge in [0.05, 0.1) is 6.10 Å². The molecular weight excluding hydrogens is 180 g/mol. The number of rotatable bonds is 0. The van der Waals surface area contributed by atoms with Crippen molar-refractivity contribution >= 4 is 11.8 Å². The van der Waals surface area contributed by atoms with E-state index in [0.29, 0.717) is 5.25 Å². The SMILES string of the molecule is CC1CC(O)c2ccccc2CS1. The molecule has 2 heteroatoms. The Morgan fingerprint density at radius 3 is 3.00 bits per heavy atom. The van der Waals surface area contributed by atoms with Crippen molar-refractivity contribution in [3.05, 3.63) is 35.4 Å². The highest BCUT2D eigenvalue weighted by Gasteiger charge is 2.19. The van der Waals surface area contributed by atoms with Gasteiger partial charge in [-0.1, -0.05) is 31.2 Å². The fraction of sp³-hybridized carbons (Fsp3) is 0.455. The second-order valence-corrected chi connectivity index (χ2v) is 5.00. The normalized spacial score (nSPS) is 27.8. The molecule has 13 heavy (non-hydrogen) atoms. The van der Waals surface area contributed by atoms with Gasteiger partial charge in [0.25, 0.3) is 0 Å². The molecule has 0 aromatic heterocycles. The number of benzene rings is 1. The van der Waals surface area contributed by atoms with Gasteiger partial charge in [-0.2, -0.15) is 11.8 Å². The molecule has 1 nitrogen and oxygen atoms in total. The summed E-state index contributed by atoms with van der Waals surface area (Å²) in [5.74, 6) is 1.04.